The van der Waals surface area contributed by atoms with Crippen molar-refractivity contribution in [2.75, 3.05) is 0 Å². The van der Waals surface area contributed by atoms with Crippen molar-refractivity contribution in [3.8, 4) is 0 Å². The smallest absolute Gasteiger partial charge is 0.141 e. The number of halogens is 1. The third kappa shape index (κ3) is 1.99. The van der Waals surface area contributed by atoms with E-state index in [1.54, 1.807) is 0 Å². The first-order valence-electron chi connectivity index (χ1n) is 3.58. The van der Waals surface area contributed by atoms with Gasteiger partial charge in [-0.15, -0.1) is 0 Å². The third-order valence-corrected chi connectivity index (χ3v) is 1.52. The van der Waals surface area contributed by atoms with Gasteiger partial charge in [-0.05, 0) is 13.0 Å². The predicted molar refractivity (Wildman–Crippen MR) is 40.8 cm³/mol. The van der Waals surface area contributed by atoms with Gasteiger partial charge in [-0.1, -0.05) is 0 Å². The number of hydrogen-bond donors (Lipinski definition) is 2. The van der Waals surface area contributed by atoms with E-state index in [0.29, 0.717) is 0 Å². The van der Waals surface area contributed by atoms with Gasteiger partial charge in [0.25, 0.3) is 0 Å². The maximum atomic E-state index is 12.5. The summed E-state index contributed by atoms with van der Waals surface area (Å²) >= 11 is 0. The molecular weight excluding hydrogens is 161 g/mol. The molecule has 3 nitrogen and oxygen atoms in total. The Kier molecular flexibility index (Phi) is 2.73. The highest BCUT2D eigenvalue weighted by Gasteiger charge is 2.13. The average molecular weight is 171 g/mol. The van der Waals surface area contributed by atoms with Crippen molar-refractivity contribution in [2.45, 2.75) is 19.1 Å². The molecule has 1 heterocycles. The van der Waals surface area contributed by atoms with Gasteiger partial charge >= 0.3 is 0 Å². The molecule has 0 aliphatic rings. The summed E-state index contributed by atoms with van der Waals surface area (Å²) in [5.74, 6) is -0.521. The van der Waals surface area contributed by atoms with Crippen LogP contribution in [0.4, 0.5) is 4.39 Å². The normalized spacial score (nSPS) is 15.7. The molecule has 1 rings (SSSR count). The molecular formula is C8H10FNO2. The zero-order valence-electron chi connectivity index (χ0n) is 6.61. The maximum Gasteiger partial charge on any atom is 0.141 e. The average Bonchev–Trinajstić information content (AvgIpc) is 2.03. The molecule has 2 N–H and O–H groups in total. The second-order valence-electron chi connectivity index (χ2n) is 2.62. The van der Waals surface area contributed by atoms with Crippen molar-refractivity contribution in [2.24, 2.45) is 0 Å². The molecule has 0 saturated carbocycles. The number of nitrogens with zero attached hydrogens (tertiary/aromatic N) is 1. The SMILES string of the molecule is CC(O)C(O)c1cncc(F)c1. The van der Waals surface area contributed by atoms with Crippen LogP contribution in [0.15, 0.2) is 18.5 Å². The van der Waals surface area contributed by atoms with Gasteiger partial charge in [-0.3, -0.25) is 4.98 Å². The van der Waals surface area contributed by atoms with Crippen LogP contribution in [0.1, 0.15) is 18.6 Å². The van der Waals surface area contributed by atoms with Crippen molar-refractivity contribution < 1.29 is 14.6 Å². The molecule has 0 aliphatic carbocycles. The molecule has 0 spiro atoms. The summed E-state index contributed by atoms with van der Waals surface area (Å²) in [6.07, 6.45) is 0.362. The minimum absolute atomic E-state index is 0.282. The zero-order valence-corrected chi connectivity index (χ0v) is 6.61. The van der Waals surface area contributed by atoms with E-state index in [9.17, 15) is 9.50 Å². The Hall–Kier alpha value is -1.00. The van der Waals surface area contributed by atoms with Gasteiger partial charge in [-0.25, -0.2) is 4.39 Å². The van der Waals surface area contributed by atoms with Crippen LogP contribution >= 0.6 is 0 Å². The first-order valence-corrected chi connectivity index (χ1v) is 3.58. The molecule has 0 bridgehead atoms. The van der Waals surface area contributed by atoms with Crippen LogP contribution in [0.3, 0.4) is 0 Å². The summed E-state index contributed by atoms with van der Waals surface area (Å²) in [4.78, 5) is 3.54. The van der Waals surface area contributed by atoms with Crippen molar-refractivity contribution in [3.63, 3.8) is 0 Å². The minimum Gasteiger partial charge on any atom is -0.390 e. The Morgan fingerprint density at radius 1 is 1.42 bits per heavy atom. The van der Waals surface area contributed by atoms with Gasteiger partial charge in [0.05, 0.1) is 12.3 Å². The van der Waals surface area contributed by atoms with Crippen molar-refractivity contribution in [3.05, 3.63) is 29.8 Å². The van der Waals surface area contributed by atoms with E-state index in [0.717, 1.165) is 12.3 Å². The van der Waals surface area contributed by atoms with Gasteiger partial charge in [0.15, 0.2) is 0 Å². The van der Waals surface area contributed by atoms with E-state index in [1.807, 2.05) is 0 Å². The second-order valence-corrected chi connectivity index (χ2v) is 2.62. The highest BCUT2D eigenvalue weighted by Crippen LogP contribution is 2.15. The molecule has 2 unspecified atom stereocenters. The fourth-order valence-corrected chi connectivity index (χ4v) is 0.869. The Morgan fingerprint density at radius 3 is 2.58 bits per heavy atom. The summed E-state index contributed by atoms with van der Waals surface area (Å²) in [5.41, 5.74) is 0.282. The van der Waals surface area contributed by atoms with Crippen LogP contribution in [0.25, 0.3) is 0 Å². The molecule has 0 radical (unpaired) electrons. The van der Waals surface area contributed by atoms with Crippen LogP contribution in [0.5, 0.6) is 0 Å². The van der Waals surface area contributed by atoms with E-state index in [4.69, 9.17) is 5.11 Å². The number of aliphatic hydroxyl groups is 2. The van der Waals surface area contributed by atoms with Crippen LogP contribution in [0.2, 0.25) is 0 Å². The lowest BCUT2D eigenvalue weighted by molar-refractivity contribution is 0.0301. The van der Waals surface area contributed by atoms with E-state index in [1.165, 1.54) is 13.1 Å². The summed E-state index contributed by atoms with van der Waals surface area (Å²) in [6, 6.07) is 1.14. The minimum atomic E-state index is -1.08. The molecule has 2 atom stereocenters. The first-order chi connectivity index (χ1) is 5.61. The first kappa shape index (κ1) is 9.09. The topological polar surface area (TPSA) is 53.4 Å². The fraction of sp³-hybridized carbons (Fsp3) is 0.375. The zero-order chi connectivity index (χ0) is 9.14. The van der Waals surface area contributed by atoms with Crippen molar-refractivity contribution >= 4 is 0 Å². The van der Waals surface area contributed by atoms with Crippen LogP contribution < -0.4 is 0 Å². The molecule has 1 aromatic heterocycles. The lowest BCUT2D eigenvalue weighted by Crippen LogP contribution is -2.14. The number of pyridine rings is 1. The predicted octanol–water partition coefficient (Wildman–Crippen LogP) is 0.635. The monoisotopic (exact) mass is 171 g/mol. The Labute approximate surface area is 69.5 Å². The van der Waals surface area contributed by atoms with Crippen LogP contribution in [-0.4, -0.2) is 21.3 Å². The fourth-order valence-electron chi connectivity index (χ4n) is 0.869. The lowest BCUT2D eigenvalue weighted by Gasteiger charge is -2.12. The molecule has 0 saturated heterocycles. The number of aromatic nitrogens is 1. The molecule has 66 valence electrons. The largest absolute Gasteiger partial charge is 0.390 e. The van der Waals surface area contributed by atoms with Gasteiger partial charge < -0.3 is 10.2 Å². The molecule has 0 aromatic carbocycles. The van der Waals surface area contributed by atoms with Crippen molar-refractivity contribution in [1.82, 2.24) is 4.98 Å². The summed E-state index contributed by atoms with van der Waals surface area (Å²) < 4.78 is 12.5. The van der Waals surface area contributed by atoms with E-state index < -0.39 is 18.0 Å². The summed E-state index contributed by atoms with van der Waals surface area (Å²) in [6.45, 7) is 1.43. The lowest BCUT2D eigenvalue weighted by atomic mass is 10.1. The highest BCUT2D eigenvalue weighted by molar-refractivity contribution is 5.13. The van der Waals surface area contributed by atoms with E-state index in [2.05, 4.69) is 4.98 Å². The van der Waals surface area contributed by atoms with E-state index in [-0.39, 0.29) is 5.56 Å². The molecule has 4 heteroatoms. The van der Waals surface area contributed by atoms with Gasteiger partial charge in [0.2, 0.25) is 0 Å². The summed E-state index contributed by atoms with van der Waals surface area (Å²) in [7, 11) is 0. The van der Waals surface area contributed by atoms with Crippen LogP contribution in [-0.2, 0) is 0 Å². The number of hydrogen-bond acceptors (Lipinski definition) is 3. The molecule has 1 aromatic rings. The molecule has 12 heavy (non-hydrogen) atoms. The molecule has 0 aliphatic heterocycles. The summed E-state index contributed by atoms with van der Waals surface area (Å²) in [5, 5.41) is 18.2. The molecule has 0 amide bonds. The van der Waals surface area contributed by atoms with Gasteiger partial charge in [-0.2, -0.15) is 0 Å². The molecule has 0 fully saturated rings. The standard InChI is InChI=1S/C8H10FNO2/c1-5(11)8(12)6-2-7(9)4-10-3-6/h2-5,8,11-12H,1H3. The van der Waals surface area contributed by atoms with E-state index >= 15 is 0 Å². The maximum absolute atomic E-state index is 12.5. The third-order valence-electron chi connectivity index (χ3n) is 1.52. The quantitative estimate of drug-likeness (QED) is 0.686. The Balaban J connectivity index is 2.88. The highest BCUT2D eigenvalue weighted by atomic mass is 19.1. The number of rotatable bonds is 2. The van der Waals surface area contributed by atoms with Gasteiger partial charge in [0.1, 0.15) is 11.9 Å². The Morgan fingerprint density at radius 2 is 2.08 bits per heavy atom. The van der Waals surface area contributed by atoms with Gasteiger partial charge in [0, 0.05) is 11.8 Å². The van der Waals surface area contributed by atoms with Crippen LogP contribution in [0, 0.1) is 5.82 Å². The second kappa shape index (κ2) is 3.60. The Bertz CT molecular complexity index is 265. The van der Waals surface area contributed by atoms with Crippen molar-refractivity contribution in [1.29, 1.82) is 0 Å². The number of aliphatic hydroxyl groups excluding tert-OH is 2.